The molecule has 0 bridgehead atoms. The van der Waals surface area contributed by atoms with Gasteiger partial charge < -0.3 is 4.74 Å². The molecule has 0 radical (unpaired) electrons. The van der Waals surface area contributed by atoms with Crippen LogP contribution in [0.25, 0.3) is 0 Å². The van der Waals surface area contributed by atoms with Crippen molar-refractivity contribution in [3.63, 3.8) is 0 Å². The quantitative estimate of drug-likeness (QED) is 0.716. The van der Waals surface area contributed by atoms with Gasteiger partial charge in [0.2, 0.25) is 0 Å². The van der Waals surface area contributed by atoms with Crippen molar-refractivity contribution < 1.29 is 9.53 Å². The molecule has 3 rings (SSSR count). The van der Waals surface area contributed by atoms with E-state index in [-0.39, 0.29) is 5.97 Å². The summed E-state index contributed by atoms with van der Waals surface area (Å²) < 4.78 is 4.69. The number of rotatable bonds is 7. The van der Waals surface area contributed by atoms with E-state index in [0.717, 1.165) is 24.1 Å². The van der Waals surface area contributed by atoms with Gasteiger partial charge in [0.1, 0.15) is 0 Å². The van der Waals surface area contributed by atoms with Gasteiger partial charge in [0.05, 0.1) is 18.4 Å². The van der Waals surface area contributed by atoms with Gasteiger partial charge in [-0.2, -0.15) is 0 Å². The SMILES string of the molecule is COC(=O)c1ccc(CN(CC2CC2)CC2CC2)nc1. The molecule has 4 heteroatoms. The Morgan fingerprint density at radius 2 is 1.90 bits per heavy atom. The normalized spacial score (nSPS) is 18.3. The summed E-state index contributed by atoms with van der Waals surface area (Å²) in [5.74, 6) is 1.49. The average Bonchev–Trinajstić information content (AvgIpc) is 3.35. The lowest BCUT2D eigenvalue weighted by molar-refractivity contribution is 0.0600. The summed E-state index contributed by atoms with van der Waals surface area (Å²) in [4.78, 5) is 18.3. The van der Waals surface area contributed by atoms with Crippen molar-refractivity contribution in [1.29, 1.82) is 0 Å². The van der Waals surface area contributed by atoms with Crippen molar-refractivity contribution in [2.75, 3.05) is 20.2 Å². The molecule has 1 aromatic heterocycles. The van der Waals surface area contributed by atoms with E-state index in [2.05, 4.69) is 14.6 Å². The molecule has 0 N–H and O–H groups in total. The van der Waals surface area contributed by atoms with Gasteiger partial charge in [-0.05, 0) is 49.7 Å². The number of nitrogens with zero attached hydrogens (tertiary/aromatic N) is 2. The fourth-order valence-electron chi connectivity index (χ4n) is 2.52. The zero-order chi connectivity index (χ0) is 13.9. The topological polar surface area (TPSA) is 42.4 Å². The Bertz CT molecular complexity index is 450. The Kier molecular flexibility index (Phi) is 4.01. The lowest BCUT2D eigenvalue weighted by Gasteiger charge is -2.21. The standard InChI is InChI=1S/C16H22N2O2/c1-20-16(19)14-6-7-15(17-8-14)11-18(9-12-2-3-12)10-13-4-5-13/h6-8,12-13H,2-5,9-11H2,1H3. The molecule has 0 atom stereocenters. The fourth-order valence-corrected chi connectivity index (χ4v) is 2.52. The van der Waals surface area contributed by atoms with Crippen LogP contribution in [-0.2, 0) is 11.3 Å². The first-order valence-electron chi connectivity index (χ1n) is 7.50. The van der Waals surface area contributed by atoms with Crippen LogP contribution < -0.4 is 0 Å². The molecule has 20 heavy (non-hydrogen) atoms. The molecule has 0 spiro atoms. The van der Waals surface area contributed by atoms with E-state index in [0.29, 0.717) is 5.56 Å². The summed E-state index contributed by atoms with van der Waals surface area (Å²) >= 11 is 0. The van der Waals surface area contributed by atoms with Crippen LogP contribution in [0.1, 0.15) is 41.7 Å². The Labute approximate surface area is 120 Å². The number of carbonyl (C=O) groups is 1. The molecule has 0 aliphatic heterocycles. The van der Waals surface area contributed by atoms with Crippen molar-refractivity contribution in [2.24, 2.45) is 11.8 Å². The number of carbonyl (C=O) groups excluding carboxylic acids is 1. The highest BCUT2D eigenvalue weighted by atomic mass is 16.5. The summed E-state index contributed by atoms with van der Waals surface area (Å²) in [5.41, 5.74) is 1.56. The van der Waals surface area contributed by atoms with Gasteiger partial charge in [0, 0.05) is 25.8 Å². The van der Waals surface area contributed by atoms with Crippen molar-refractivity contribution in [1.82, 2.24) is 9.88 Å². The Balaban J connectivity index is 1.59. The summed E-state index contributed by atoms with van der Waals surface area (Å²) in [5, 5.41) is 0. The minimum Gasteiger partial charge on any atom is -0.465 e. The second-order valence-corrected chi connectivity index (χ2v) is 6.11. The Hall–Kier alpha value is -1.42. The molecule has 1 heterocycles. The summed E-state index contributed by atoms with van der Waals surface area (Å²) in [7, 11) is 1.39. The van der Waals surface area contributed by atoms with Crippen LogP contribution in [0.5, 0.6) is 0 Å². The second-order valence-electron chi connectivity index (χ2n) is 6.11. The molecule has 2 fully saturated rings. The van der Waals surface area contributed by atoms with E-state index < -0.39 is 0 Å². The molecule has 2 aliphatic rings. The maximum atomic E-state index is 11.4. The first-order chi connectivity index (χ1) is 9.74. The smallest absolute Gasteiger partial charge is 0.339 e. The van der Waals surface area contributed by atoms with E-state index in [4.69, 9.17) is 0 Å². The predicted molar refractivity (Wildman–Crippen MR) is 76.3 cm³/mol. The maximum absolute atomic E-state index is 11.4. The number of methoxy groups -OCH3 is 1. The monoisotopic (exact) mass is 274 g/mol. The third kappa shape index (κ3) is 3.79. The average molecular weight is 274 g/mol. The highest BCUT2D eigenvalue weighted by molar-refractivity contribution is 5.88. The van der Waals surface area contributed by atoms with Gasteiger partial charge in [0.25, 0.3) is 0 Å². The van der Waals surface area contributed by atoms with Gasteiger partial charge in [-0.15, -0.1) is 0 Å². The zero-order valence-electron chi connectivity index (χ0n) is 12.0. The highest BCUT2D eigenvalue weighted by Crippen LogP contribution is 2.34. The molecular formula is C16H22N2O2. The van der Waals surface area contributed by atoms with Crippen LogP contribution in [0.3, 0.4) is 0 Å². The molecule has 4 nitrogen and oxygen atoms in total. The van der Waals surface area contributed by atoms with Crippen molar-refractivity contribution in [2.45, 2.75) is 32.2 Å². The van der Waals surface area contributed by atoms with Crippen LogP contribution in [-0.4, -0.2) is 36.1 Å². The van der Waals surface area contributed by atoms with Crippen molar-refractivity contribution in [3.05, 3.63) is 29.6 Å². The molecular weight excluding hydrogens is 252 g/mol. The number of esters is 1. The van der Waals surface area contributed by atoms with Gasteiger partial charge in [-0.1, -0.05) is 0 Å². The van der Waals surface area contributed by atoms with Crippen LogP contribution in [0, 0.1) is 11.8 Å². The summed E-state index contributed by atoms with van der Waals surface area (Å²) in [6, 6.07) is 3.75. The predicted octanol–water partition coefficient (Wildman–Crippen LogP) is 2.49. The maximum Gasteiger partial charge on any atom is 0.339 e. The third-order valence-electron chi connectivity index (χ3n) is 4.06. The molecule has 1 aromatic rings. The Morgan fingerprint density at radius 3 is 2.35 bits per heavy atom. The molecule has 0 aromatic carbocycles. The van der Waals surface area contributed by atoms with Crippen molar-refractivity contribution in [3.8, 4) is 0 Å². The molecule has 108 valence electrons. The van der Waals surface area contributed by atoms with Crippen molar-refractivity contribution >= 4 is 5.97 Å². The molecule has 2 saturated carbocycles. The minimum absolute atomic E-state index is 0.322. The van der Waals surface area contributed by atoms with Crippen LogP contribution in [0.4, 0.5) is 0 Å². The van der Waals surface area contributed by atoms with Gasteiger partial charge in [-0.3, -0.25) is 9.88 Å². The first-order valence-corrected chi connectivity index (χ1v) is 7.50. The van der Waals surface area contributed by atoms with Gasteiger partial charge in [0.15, 0.2) is 0 Å². The number of hydrogen-bond acceptors (Lipinski definition) is 4. The number of hydrogen-bond donors (Lipinski definition) is 0. The molecule has 0 amide bonds. The van der Waals surface area contributed by atoms with Crippen LogP contribution in [0.2, 0.25) is 0 Å². The number of aromatic nitrogens is 1. The second kappa shape index (κ2) is 5.92. The summed E-state index contributed by atoms with van der Waals surface area (Å²) in [6.45, 7) is 3.31. The largest absolute Gasteiger partial charge is 0.465 e. The molecule has 0 unspecified atom stereocenters. The van der Waals surface area contributed by atoms with E-state index in [9.17, 15) is 4.79 Å². The molecule has 2 aliphatic carbocycles. The van der Waals surface area contributed by atoms with Gasteiger partial charge >= 0.3 is 5.97 Å². The van der Waals surface area contributed by atoms with E-state index in [1.54, 1.807) is 12.3 Å². The lowest BCUT2D eigenvalue weighted by atomic mass is 10.2. The Morgan fingerprint density at radius 1 is 1.25 bits per heavy atom. The zero-order valence-corrected chi connectivity index (χ0v) is 12.0. The van der Waals surface area contributed by atoms with Crippen LogP contribution in [0.15, 0.2) is 18.3 Å². The van der Waals surface area contributed by atoms with E-state index in [1.165, 1.54) is 45.9 Å². The molecule has 0 saturated heterocycles. The minimum atomic E-state index is -0.322. The van der Waals surface area contributed by atoms with Gasteiger partial charge in [-0.25, -0.2) is 4.79 Å². The van der Waals surface area contributed by atoms with E-state index >= 15 is 0 Å². The fraction of sp³-hybridized carbons (Fsp3) is 0.625. The van der Waals surface area contributed by atoms with E-state index in [1.807, 2.05) is 6.07 Å². The first kappa shape index (κ1) is 13.6. The highest BCUT2D eigenvalue weighted by Gasteiger charge is 2.29. The third-order valence-corrected chi connectivity index (χ3v) is 4.06. The summed E-state index contributed by atoms with van der Waals surface area (Å²) in [6.07, 6.45) is 7.16. The van der Waals surface area contributed by atoms with Crippen LogP contribution >= 0.6 is 0 Å². The lowest BCUT2D eigenvalue weighted by Crippen LogP contribution is -2.28. The number of ether oxygens (including phenoxy) is 1. The number of pyridine rings is 1.